The van der Waals surface area contributed by atoms with Gasteiger partial charge in [0, 0.05) is 43.8 Å². The molecule has 3 heterocycles. The molecule has 0 unspecified atom stereocenters. The average molecular weight is 638 g/mol. The summed E-state index contributed by atoms with van der Waals surface area (Å²) < 4.78 is 78.9. The molecule has 1 aliphatic heterocycles. The number of hydrogen-bond donors (Lipinski definition) is 3. The first-order valence-corrected chi connectivity index (χ1v) is 15.6. The molecule has 1 aromatic carbocycles. The van der Waals surface area contributed by atoms with Gasteiger partial charge in [-0.1, -0.05) is 0 Å². The third-order valence-electron chi connectivity index (χ3n) is 7.47. The first kappa shape index (κ1) is 31.5. The van der Waals surface area contributed by atoms with E-state index in [0.717, 1.165) is 27.4 Å². The Bertz CT molecular complexity index is 1760. The summed E-state index contributed by atoms with van der Waals surface area (Å²) in [6, 6.07) is 2.83. The molecule has 1 amide bonds. The molecule has 2 aromatic heterocycles. The van der Waals surface area contributed by atoms with Gasteiger partial charge in [-0.05, 0) is 64.7 Å². The Morgan fingerprint density at radius 3 is 2.55 bits per heavy atom. The predicted octanol–water partition coefficient (Wildman–Crippen LogP) is 3.83. The van der Waals surface area contributed by atoms with Gasteiger partial charge in [0.1, 0.15) is 23.2 Å². The van der Waals surface area contributed by atoms with Crippen molar-refractivity contribution in [2.45, 2.75) is 70.3 Å². The fourth-order valence-electron chi connectivity index (χ4n) is 5.38. The molecular formula is C28H34F3N7O5S. The summed E-state index contributed by atoms with van der Waals surface area (Å²) in [6.45, 7) is 4.89. The van der Waals surface area contributed by atoms with E-state index in [1.165, 1.54) is 19.3 Å². The number of alkyl carbamates (subject to hydrolysis) is 1. The standard InChI is InChI=1S/C28H34F3N7O5S/c1-28(2,3)43-27(40)34-18-6-5-17(12-18)33-26-32-13-15-11-19(25(39)37(4)24(15)35-26)22-20(30)7-8-21(23(22)31)36-44(41,42)38-10-9-16(29)14-38/h7-8,11,13,16-18,36H,5-6,9-10,12,14H2,1-4H3,(H,34,40)(H,32,33,35)/t16-,17-,18-/m1/s1. The molecule has 0 bridgehead atoms. The fourth-order valence-corrected chi connectivity index (χ4v) is 6.65. The Hall–Kier alpha value is -3.92. The van der Waals surface area contributed by atoms with Crippen LogP contribution in [0.1, 0.15) is 46.5 Å². The highest BCUT2D eigenvalue weighted by Gasteiger charge is 2.33. The van der Waals surface area contributed by atoms with Crippen molar-refractivity contribution >= 4 is 39.0 Å². The zero-order valence-electron chi connectivity index (χ0n) is 24.7. The van der Waals surface area contributed by atoms with E-state index in [1.54, 1.807) is 20.8 Å². The number of fused-ring (bicyclic) bond motifs is 1. The highest BCUT2D eigenvalue weighted by Crippen LogP contribution is 2.32. The number of carbonyl (C=O) groups is 1. The number of anilines is 2. The minimum atomic E-state index is -4.32. The Morgan fingerprint density at radius 2 is 1.86 bits per heavy atom. The molecule has 1 saturated heterocycles. The molecule has 3 atom stereocenters. The fraction of sp³-hybridized carbons (Fsp3) is 0.500. The van der Waals surface area contributed by atoms with E-state index in [2.05, 4.69) is 20.6 Å². The van der Waals surface area contributed by atoms with E-state index in [0.29, 0.717) is 18.2 Å². The lowest BCUT2D eigenvalue weighted by molar-refractivity contribution is 0.0505. The highest BCUT2D eigenvalue weighted by molar-refractivity contribution is 7.90. The second-order valence-electron chi connectivity index (χ2n) is 12.0. The van der Waals surface area contributed by atoms with Crippen LogP contribution in [0.5, 0.6) is 0 Å². The second-order valence-corrected chi connectivity index (χ2v) is 13.7. The molecule has 0 spiro atoms. The van der Waals surface area contributed by atoms with Crippen LogP contribution in [-0.2, 0) is 22.0 Å². The zero-order chi connectivity index (χ0) is 32.0. The van der Waals surface area contributed by atoms with Gasteiger partial charge in [-0.3, -0.25) is 14.1 Å². The number of pyridine rings is 1. The smallest absolute Gasteiger partial charge is 0.407 e. The Morgan fingerprint density at radius 1 is 1.14 bits per heavy atom. The van der Waals surface area contributed by atoms with Gasteiger partial charge < -0.3 is 15.4 Å². The van der Waals surface area contributed by atoms with Crippen molar-refractivity contribution in [3.63, 3.8) is 0 Å². The van der Waals surface area contributed by atoms with Crippen molar-refractivity contribution in [2.24, 2.45) is 7.05 Å². The van der Waals surface area contributed by atoms with Crippen LogP contribution in [0.2, 0.25) is 0 Å². The highest BCUT2D eigenvalue weighted by atomic mass is 32.2. The van der Waals surface area contributed by atoms with Gasteiger partial charge in [0.25, 0.3) is 5.56 Å². The molecule has 1 saturated carbocycles. The topological polar surface area (TPSA) is 148 Å². The van der Waals surface area contributed by atoms with Crippen LogP contribution in [0.15, 0.2) is 29.2 Å². The number of rotatable bonds is 7. The van der Waals surface area contributed by atoms with E-state index in [-0.39, 0.29) is 48.8 Å². The number of hydrogen-bond acceptors (Lipinski definition) is 8. The molecule has 16 heteroatoms. The van der Waals surface area contributed by atoms with Gasteiger partial charge in [-0.15, -0.1) is 0 Å². The van der Waals surface area contributed by atoms with E-state index in [9.17, 15) is 26.8 Å². The van der Waals surface area contributed by atoms with Gasteiger partial charge in [0.05, 0.1) is 16.8 Å². The summed E-state index contributed by atoms with van der Waals surface area (Å²) in [5, 5.41) is 6.37. The number of halogens is 3. The van der Waals surface area contributed by atoms with Crippen molar-refractivity contribution in [1.82, 2.24) is 24.2 Å². The summed E-state index contributed by atoms with van der Waals surface area (Å²) in [4.78, 5) is 34.2. The van der Waals surface area contributed by atoms with Gasteiger partial charge in [0.2, 0.25) is 5.95 Å². The van der Waals surface area contributed by atoms with Crippen molar-refractivity contribution in [1.29, 1.82) is 0 Å². The minimum absolute atomic E-state index is 0.0109. The Balaban J connectivity index is 1.37. The number of nitrogens with one attached hydrogen (secondary N) is 3. The normalized spacial score (nSPS) is 21.0. The maximum absolute atomic E-state index is 15.6. The Kier molecular flexibility index (Phi) is 8.50. The number of benzene rings is 1. The van der Waals surface area contributed by atoms with Crippen LogP contribution in [0.25, 0.3) is 22.2 Å². The molecule has 2 fully saturated rings. The molecule has 238 valence electrons. The number of amides is 1. The Labute approximate surface area is 252 Å². The molecular weight excluding hydrogens is 603 g/mol. The van der Waals surface area contributed by atoms with E-state index >= 15 is 4.39 Å². The van der Waals surface area contributed by atoms with Gasteiger partial charge in [-0.2, -0.15) is 17.7 Å². The predicted molar refractivity (Wildman–Crippen MR) is 158 cm³/mol. The summed E-state index contributed by atoms with van der Waals surface area (Å²) in [6.07, 6.45) is 1.63. The number of aromatic nitrogens is 3. The lowest BCUT2D eigenvalue weighted by Gasteiger charge is -2.21. The van der Waals surface area contributed by atoms with E-state index < -0.39 is 56.5 Å². The van der Waals surface area contributed by atoms with Crippen LogP contribution in [-0.4, -0.2) is 70.3 Å². The SMILES string of the molecule is Cn1c(=O)c(-c2c(F)ccc(NS(=O)(=O)N3CC[C@@H](F)C3)c2F)cc2cnc(N[C@@H]3CC[C@@H](NC(=O)OC(C)(C)C)C3)nc21. The largest absolute Gasteiger partial charge is 0.444 e. The van der Waals surface area contributed by atoms with Crippen LogP contribution >= 0.6 is 0 Å². The molecule has 3 N–H and O–H groups in total. The summed E-state index contributed by atoms with van der Waals surface area (Å²) in [7, 11) is -2.93. The molecule has 5 rings (SSSR count). The maximum atomic E-state index is 15.6. The van der Waals surface area contributed by atoms with Crippen LogP contribution in [0.4, 0.5) is 29.6 Å². The second kappa shape index (κ2) is 11.9. The van der Waals surface area contributed by atoms with Crippen molar-refractivity contribution in [3.05, 3.63) is 46.4 Å². The molecule has 3 aromatic rings. The summed E-state index contributed by atoms with van der Waals surface area (Å²) in [5.41, 5.74) is -2.86. The quantitative estimate of drug-likeness (QED) is 0.354. The number of ether oxygens (including phenoxy) is 1. The molecule has 2 aliphatic rings. The molecule has 1 aliphatic carbocycles. The molecule has 0 radical (unpaired) electrons. The first-order valence-electron chi connectivity index (χ1n) is 14.1. The van der Waals surface area contributed by atoms with Crippen LogP contribution < -0.4 is 20.9 Å². The van der Waals surface area contributed by atoms with Gasteiger partial charge >= 0.3 is 16.3 Å². The lowest BCUT2D eigenvalue weighted by atomic mass is 10.0. The third kappa shape index (κ3) is 6.75. The van der Waals surface area contributed by atoms with Crippen LogP contribution in [0.3, 0.4) is 0 Å². The van der Waals surface area contributed by atoms with Crippen molar-refractivity contribution in [2.75, 3.05) is 23.1 Å². The van der Waals surface area contributed by atoms with E-state index in [4.69, 9.17) is 4.74 Å². The monoisotopic (exact) mass is 637 g/mol. The lowest BCUT2D eigenvalue weighted by Crippen LogP contribution is -2.38. The third-order valence-corrected chi connectivity index (χ3v) is 8.96. The summed E-state index contributed by atoms with van der Waals surface area (Å²) in [5.74, 6) is -2.15. The summed E-state index contributed by atoms with van der Waals surface area (Å²) >= 11 is 0. The number of carbonyl (C=O) groups excluding carboxylic acids is 1. The van der Waals surface area contributed by atoms with Crippen LogP contribution in [0, 0.1) is 11.6 Å². The number of nitrogens with zero attached hydrogens (tertiary/aromatic N) is 4. The van der Waals surface area contributed by atoms with Crippen molar-refractivity contribution < 1.29 is 31.1 Å². The van der Waals surface area contributed by atoms with E-state index in [1.807, 2.05) is 4.72 Å². The minimum Gasteiger partial charge on any atom is -0.444 e. The average Bonchev–Trinajstić information content (AvgIpc) is 3.56. The van der Waals surface area contributed by atoms with Gasteiger partial charge in [-0.25, -0.2) is 22.9 Å². The molecule has 12 nitrogen and oxygen atoms in total. The zero-order valence-corrected chi connectivity index (χ0v) is 25.5. The number of aryl methyl sites for hydroxylation is 1. The van der Waals surface area contributed by atoms with Gasteiger partial charge in [0.15, 0.2) is 5.82 Å². The molecule has 44 heavy (non-hydrogen) atoms. The first-order chi connectivity index (χ1) is 20.6. The van der Waals surface area contributed by atoms with Crippen molar-refractivity contribution in [3.8, 4) is 11.1 Å². The number of alkyl halides is 1. The maximum Gasteiger partial charge on any atom is 0.407 e.